The zero-order valence-corrected chi connectivity index (χ0v) is 10.9. The Morgan fingerprint density at radius 2 is 2.35 bits per heavy atom. The predicted octanol–water partition coefficient (Wildman–Crippen LogP) is 2.96. The van der Waals surface area contributed by atoms with E-state index in [1.165, 1.54) is 0 Å². The van der Waals surface area contributed by atoms with E-state index in [1.54, 1.807) is 6.20 Å². The van der Waals surface area contributed by atoms with Gasteiger partial charge in [0.05, 0.1) is 6.10 Å². The summed E-state index contributed by atoms with van der Waals surface area (Å²) >= 11 is 5.90. The Hall–Kier alpha value is -0.800. The van der Waals surface area contributed by atoms with Crippen LogP contribution in [0.3, 0.4) is 0 Å². The summed E-state index contributed by atoms with van der Waals surface area (Å²) in [5.41, 5.74) is 1.24. The quantitative estimate of drug-likeness (QED) is 0.822. The molecule has 0 amide bonds. The Morgan fingerprint density at radius 3 is 3.12 bits per heavy atom. The van der Waals surface area contributed by atoms with Crippen LogP contribution < -0.4 is 5.32 Å². The molecule has 1 aromatic heterocycles. The predicted molar refractivity (Wildman–Crippen MR) is 68.3 cm³/mol. The van der Waals surface area contributed by atoms with Gasteiger partial charge in [0.1, 0.15) is 5.15 Å². The average Bonchev–Trinajstić information content (AvgIpc) is 2.72. The lowest BCUT2D eigenvalue weighted by molar-refractivity contribution is -0.0923. The summed E-state index contributed by atoms with van der Waals surface area (Å²) in [4.78, 5) is 3.99. The number of hydrogen-bond acceptors (Lipinski definition) is 3. The third kappa shape index (κ3) is 1.72. The van der Waals surface area contributed by atoms with E-state index in [1.807, 2.05) is 12.1 Å². The maximum absolute atomic E-state index is 5.90. The van der Waals surface area contributed by atoms with Gasteiger partial charge in [-0.05, 0) is 18.6 Å². The lowest BCUT2D eigenvalue weighted by atomic mass is 9.57. The first-order valence-electron chi connectivity index (χ1n) is 6.09. The van der Waals surface area contributed by atoms with Crippen molar-refractivity contribution in [2.45, 2.75) is 32.4 Å². The van der Waals surface area contributed by atoms with E-state index in [0.29, 0.717) is 23.2 Å². The van der Waals surface area contributed by atoms with Crippen molar-refractivity contribution in [3.05, 3.63) is 23.5 Å². The number of anilines is 1. The summed E-state index contributed by atoms with van der Waals surface area (Å²) in [7, 11) is 0. The van der Waals surface area contributed by atoms with Crippen LogP contribution >= 0.6 is 11.6 Å². The van der Waals surface area contributed by atoms with Crippen molar-refractivity contribution >= 4 is 17.3 Å². The summed E-state index contributed by atoms with van der Waals surface area (Å²) in [6.45, 7) is 5.42. The van der Waals surface area contributed by atoms with Gasteiger partial charge in [-0.25, -0.2) is 4.98 Å². The van der Waals surface area contributed by atoms with Crippen LogP contribution in [0, 0.1) is 11.3 Å². The van der Waals surface area contributed by atoms with Gasteiger partial charge < -0.3 is 10.1 Å². The largest absolute Gasteiger partial charge is 0.381 e. The van der Waals surface area contributed by atoms with Gasteiger partial charge in [0.25, 0.3) is 0 Å². The molecular formula is C13H17ClN2O. The molecule has 1 aliphatic carbocycles. The van der Waals surface area contributed by atoms with E-state index in [0.717, 1.165) is 18.7 Å². The molecule has 1 aliphatic heterocycles. The van der Waals surface area contributed by atoms with E-state index in [2.05, 4.69) is 24.1 Å². The first-order valence-corrected chi connectivity index (χ1v) is 6.46. The van der Waals surface area contributed by atoms with E-state index in [4.69, 9.17) is 16.3 Å². The third-order valence-electron chi connectivity index (χ3n) is 4.15. The van der Waals surface area contributed by atoms with Crippen molar-refractivity contribution in [2.75, 3.05) is 11.9 Å². The maximum atomic E-state index is 5.90. The Kier molecular flexibility index (Phi) is 2.56. The molecule has 1 aromatic rings. The second-order valence-corrected chi connectivity index (χ2v) is 5.94. The van der Waals surface area contributed by atoms with Gasteiger partial charge in [-0.2, -0.15) is 0 Å². The average molecular weight is 253 g/mol. The molecule has 0 spiro atoms. The lowest BCUT2D eigenvalue weighted by Crippen LogP contribution is -2.63. The van der Waals surface area contributed by atoms with Crippen LogP contribution in [0.2, 0.25) is 5.15 Å². The van der Waals surface area contributed by atoms with Crippen molar-refractivity contribution in [2.24, 2.45) is 11.3 Å². The minimum Gasteiger partial charge on any atom is -0.381 e. The summed E-state index contributed by atoms with van der Waals surface area (Å²) < 4.78 is 5.78. The zero-order chi connectivity index (χ0) is 12.0. The van der Waals surface area contributed by atoms with Crippen molar-refractivity contribution in [1.82, 2.24) is 4.98 Å². The first-order chi connectivity index (χ1) is 8.09. The van der Waals surface area contributed by atoms with E-state index >= 15 is 0 Å². The standard InChI is InChI=1S/C13H17ClN2O/c1-13(2)11(9-4-6-17-12(9)13)16-8-3-5-15-10(14)7-8/h3,5,7,9,11-12H,4,6H2,1-2H3,(H,15,16). The number of halogens is 1. The summed E-state index contributed by atoms with van der Waals surface area (Å²) in [6, 6.07) is 4.31. The van der Waals surface area contributed by atoms with Crippen LogP contribution in [-0.4, -0.2) is 23.7 Å². The molecule has 1 saturated carbocycles. The van der Waals surface area contributed by atoms with Gasteiger partial charge in [0.2, 0.25) is 0 Å². The van der Waals surface area contributed by atoms with E-state index in [-0.39, 0.29) is 5.41 Å². The minimum absolute atomic E-state index is 0.191. The van der Waals surface area contributed by atoms with Gasteiger partial charge in [0.15, 0.2) is 0 Å². The topological polar surface area (TPSA) is 34.2 Å². The van der Waals surface area contributed by atoms with Gasteiger partial charge in [-0.3, -0.25) is 0 Å². The normalized spacial score (nSPS) is 33.9. The van der Waals surface area contributed by atoms with E-state index < -0.39 is 0 Å². The van der Waals surface area contributed by atoms with Crippen molar-refractivity contribution in [1.29, 1.82) is 0 Å². The maximum Gasteiger partial charge on any atom is 0.131 e. The number of fused-ring (bicyclic) bond motifs is 1. The highest BCUT2D eigenvalue weighted by Gasteiger charge is 2.59. The molecule has 92 valence electrons. The van der Waals surface area contributed by atoms with E-state index in [9.17, 15) is 0 Å². The van der Waals surface area contributed by atoms with Crippen molar-refractivity contribution < 1.29 is 4.74 Å². The number of hydrogen-bond donors (Lipinski definition) is 1. The van der Waals surface area contributed by atoms with Crippen molar-refractivity contribution in [3.8, 4) is 0 Å². The molecular weight excluding hydrogens is 236 g/mol. The number of rotatable bonds is 2. The van der Waals surface area contributed by atoms with Gasteiger partial charge in [-0.15, -0.1) is 0 Å². The van der Waals surface area contributed by atoms with Gasteiger partial charge in [0, 0.05) is 35.9 Å². The number of aromatic nitrogens is 1. The minimum atomic E-state index is 0.191. The number of pyridine rings is 1. The monoisotopic (exact) mass is 252 g/mol. The first kappa shape index (κ1) is 11.3. The Labute approximate surface area is 107 Å². The zero-order valence-electron chi connectivity index (χ0n) is 10.1. The molecule has 3 rings (SSSR count). The molecule has 0 bridgehead atoms. The smallest absolute Gasteiger partial charge is 0.131 e. The molecule has 0 radical (unpaired) electrons. The van der Waals surface area contributed by atoms with Crippen LogP contribution in [-0.2, 0) is 4.74 Å². The van der Waals surface area contributed by atoms with Crippen LogP contribution in [0.25, 0.3) is 0 Å². The Bertz CT molecular complexity index is 435. The fraction of sp³-hybridized carbons (Fsp3) is 0.615. The molecule has 2 heterocycles. The number of nitrogens with one attached hydrogen (secondary N) is 1. The van der Waals surface area contributed by atoms with Crippen LogP contribution in [0.4, 0.5) is 5.69 Å². The second kappa shape index (κ2) is 3.85. The summed E-state index contributed by atoms with van der Waals surface area (Å²) in [5.74, 6) is 0.636. The Morgan fingerprint density at radius 1 is 1.53 bits per heavy atom. The van der Waals surface area contributed by atoms with Crippen LogP contribution in [0.1, 0.15) is 20.3 Å². The van der Waals surface area contributed by atoms with Gasteiger partial charge in [-0.1, -0.05) is 25.4 Å². The molecule has 4 heteroatoms. The molecule has 0 aromatic carbocycles. The highest BCUT2D eigenvalue weighted by molar-refractivity contribution is 6.29. The molecule has 2 fully saturated rings. The molecule has 3 unspecified atom stereocenters. The van der Waals surface area contributed by atoms with Gasteiger partial charge >= 0.3 is 0 Å². The van der Waals surface area contributed by atoms with Crippen molar-refractivity contribution in [3.63, 3.8) is 0 Å². The molecule has 1 saturated heterocycles. The highest BCUT2D eigenvalue weighted by atomic mass is 35.5. The lowest BCUT2D eigenvalue weighted by Gasteiger charge is -2.55. The Balaban J connectivity index is 1.77. The third-order valence-corrected chi connectivity index (χ3v) is 4.36. The van der Waals surface area contributed by atoms with Crippen LogP contribution in [0.15, 0.2) is 18.3 Å². The fourth-order valence-electron chi connectivity index (χ4n) is 3.29. The molecule has 3 nitrogen and oxygen atoms in total. The molecule has 1 N–H and O–H groups in total. The fourth-order valence-corrected chi connectivity index (χ4v) is 3.46. The molecule has 3 atom stereocenters. The molecule has 17 heavy (non-hydrogen) atoms. The SMILES string of the molecule is CC1(C)C(Nc2ccnc(Cl)c2)C2CCOC21. The second-order valence-electron chi connectivity index (χ2n) is 5.55. The summed E-state index contributed by atoms with van der Waals surface area (Å²) in [5, 5.41) is 4.11. The highest BCUT2D eigenvalue weighted by Crippen LogP contribution is 2.53. The number of nitrogens with zero attached hydrogens (tertiary/aromatic N) is 1. The van der Waals surface area contributed by atoms with Crippen LogP contribution in [0.5, 0.6) is 0 Å². The molecule has 2 aliphatic rings. The number of ether oxygens (including phenoxy) is 1. The summed E-state index contributed by atoms with van der Waals surface area (Å²) in [6.07, 6.45) is 3.31.